The van der Waals surface area contributed by atoms with E-state index in [2.05, 4.69) is 6.92 Å². The van der Waals surface area contributed by atoms with E-state index in [9.17, 15) is 8.42 Å². The molecule has 3 nitrogen and oxygen atoms in total. The zero-order valence-corrected chi connectivity index (χ0v) is 13.1. The SMILES string of the molecule is CCc1ccc(S(=O)(=O)N2c3ccccc3C[C@@H]2C)cc1. The predicted molar refractivity (Wildman–Crippen MR) is 85.1 cm³/mol. The number of anilines is 1. The van der Waals surface area contributed by atoms with Crippen molar-refractivity contribution in [3.05, 3.63) is 59.7 Å². The molecule has 21 heavy (non-hydrogen) atoms. The summed E-state index contributed by atoms with van der Waals surface area (Å²) in [5.74, 6) is 0. The Morgan fingerprint density at radius 3 is 2.43 bits per heavy atom. The maximum atomic E-state index is 12.9. The highest BCUT2D eigenvalue weighted by Crippen LogP contribution is 2.36. The molecule has 110 valence electrons. The van der Waals surface area contributed by atoms with Crippen molar-refractivity contribution in [1.29, 1.82) is 0 Å². The van der Waals surface area contributed by atoms with Gasteiger partial charge in [0.15, 0.2) is 0 Å². The molecule has 0 spiro atoms. The van der Waals surface area contributed by atoms with Crippen molar-refractivity contribution in [1.82, 2.24) is 0 Å². The fourth-order valence-electron chi connectivity index (χ4n) is 2.91. The van der Waals surface area contributed by atoms with Gasteiger partial charge in [0.05, 0.1) is 10.6 Å². The smallest absolute Gasteiger partial charge is 0.263 e. The van der Waals surface area contributed by atoms with Gasteiger partial charge in [-0.15, -0.1) is 0 Å². The van der Waals surface area contributed by atoms with Crippen molar-refractivity contribution in [2.45, 2.75) is 37.6 Å². The molecule has 1 aliphatic heterocycles. The van der Waals surface area contributed by atoms with Crippen molar-refractivity contribution in [2.75, 3.05) is 4.31 Å². The molecule has 1 heterocycles. The number of benzene rings is 2. The van der Waals surface area contributed by atoms with Crippen LogP contribution in [0.2, 0.25) is 0 Å². The highest BCUT2D eigenvalue weighted by atomic mass is 32.2. The Labute approximate surface area is 126 Å². The van der Waals surface area contributed by atoms with E-state index in [1.165, 1.54) is 0 Å². The maximum absolute atomic E-state index is 12.9. The molecule has 0 amide bonds. The summed E-state index contributed by atoms with van der Waals surface area (Å²) >= 11 is 0. The Bertz CT molecular complexity index is 751. The van der Waals surface area contributed by atoms with Gasteiger partial charge in [-0.05, 0) is 49.1 Å². The van der Waals surface area contributed by atoms with Crippen LogP contribution in [0, 0.1) is 0 Å². The van der Waals surface area contributed by atoms with Gasteiger partial charge in [0.25, 0.3) is 10.0 Å². The predicted octanol–water partition coefficient (Wildman–Crippen LogP) is 3.39. The van der Waals surface area contributed by atoms with E-state index in [4.69, 9.17) is 0 Å². The van der Waals surface area contributed by atoms with Gasteiger partial charge in [-0.1, -0.05) is 37.3 Å². The third-order valence-electron chi connectivity index (χ3n) is 4.03. The minimum atomic E-state index is -3.49. The summed E-state index contributed by atoms with van der Waals surface area (Å²) in [6.45, 7) is 4.01. The number of fused-ring (bicyclic) bond motifs is 1. The monoisotopic (exact) mass is 301 g/mol. The molecule has 0 N–H and O–H groups in total. The minimum Gasteiger partial charge on any atom is -0.263 e. The van der Waals surface area contributed by atoms with Crippen LogP contribution in [0.4, 0.5) is 5.69 Å². The molecule has 0 saturated heterocycles. The van der Waals surface area contributed by atoms with Crippen molar-refractivity contribution in [3.63, 3.8) is 0 Å². The van der Waals surface area contributed by atoms with E-state index >= 15 is 0 Å². The molecule has 4 heteroatoms. The number of para-hydroxylation sites is 1. The minimum absolute atomic E-state index is 0.0433. The normalized spacial score (nSPS) is 17.8. The van der Waals surface area contributed by atoms with Crippen LogP contribution >= 0.6 is 0 Å². The number of hydrogen-bond donors (Lipinski definition) is 0. The first kappa shape index (κ1) is 14.1. The van der Waals surface area contributed by atoms with Gasteiger partial charge in [0.2, 0.25) is 0 Å². The van der Waals surface area contributed by atoms with Crippen LogP contribution in [0.3, 0.4) is 0 Å². The van der Waals surface area contributed by atoms with E-state index < -0.39 is 10.0 Å². The number of aryl methyl sites for hydroxylation is 1. The van der Waals surface area contributed by atoms with E-state index in [1.807, 2.05) is 43.3 Å². The van der Waals surface area contributed by atoms with Crippen LogP contribution in [0.15, 0.2) is 53.4 Å². The second-order valence-corrected chi connectivity index (χ2v) is 7.30. The van der Waals surface area contributed by atoms with Gasteiger partial charge in [-0.2, -0.15) is 0 Å². The van der Waals surface area contributed by atoms with Crippen LogP contribution in [0.1, 0.15) is 25.0 Å². The van der Waals surface area contributed by atoms with Gasteiger partial charge in [0, 0.05) is 6.04 Å². The van der Waals surface area contributed by atoms with Crippen LogP contribution < -0.4 is 4.31 Å². The summed E-state index contributed by atoms with van der Waals surface area (Å²) in [7, 11) is -3.49. The molecule has 1 aliphatic rings. The highest BCUT2D eigenvalue weighted by molar-refractivity contribution is 7.92. The quantitative estimate of drug-likeness (QED) is 0.871. The standard InChI is InChI=1S/C17H19NO2S/c1-3-14-8-10-16(11-9-14)21(19,20)18-13(2)12-15-6-4-5-7-17(15)18/h4-11,13H,3,12H2,1-2H3/t13-/m0/s1. The third-order valence-corrected chi connectivity index (χ3v) is 5.98. The Morgan fingerprint density at radius 1 is 1.10 bits per heavy atom. The highest BCUT2D eigenvalue weighted by Gasteiger charge is 2.35. The first-order valence-electron chi connectivity index (χ1n) is 7.25. The molecule has 3 rings (SSSR count). The van der Waals surface area contributed by atoms with Crippen molar-refractivity contribution in [3.8, 4) is 0 Å². The summed E-state index contributed by atoms with van der Waals surface area (Å²) in [4.78, 5) is 0.364. The summed E-state index contributed by atoms with van der Waals surface area (Å²) in [6, 6.07) is 14.9. The first-order valence-corrected chi connectivity index (χ1v) is 8.69. The van der Waals surface area contributed by atoms with Crippen molar-refractivity contribution in [2.24, 2.45) is 0 Å². The lowest BCUT2D eigenvalue weighted by Gasteiger charge is -2.24. The molecular formula is C17H19NO2S. The molecule has 0 bridgehead atoms. The number of rotatable bonds is 3. The van der Waals surface area contributed by atoms with Crippen LogP contribution in [0.5, 0.6) is 0 Å². The fraction of sp³-hybridized carbons (Fsp3) is 0.294. The lowest BCUT2D eigenvalue weighted by Crippen LogP contribution is -2.35. The van der Waals surface area contributed by atoms with Crippen LogP contribution in [-0.4, -0.2) is 14.5 Å². The summed E-state index contributed by atoms with van der Waals surface area (Å²) in [6.07, 6.45) is 1.67. The maximum Gasteiger partial charge on any atom is 0.264 e. The molecule has 0 radical (unpaired) electrons. The average molecular weight is 301 g/mol. The van der Waals surface area contributed by atoms with Gasteiger partial charge in [0.1, 0.15) is 0 Å². The average Bonchev–Trinajstić information content (AvgIpc) is 2.83. The topological polar surface area (TPSA) is 37.4 Å². The number of hydrogen-bond acceptors (Lipinski definition) is 2. The van der Waals surface area contributed by atoms with Crippen molar-refractivity contribution >= 4 is 15.7 Å². The van der Waals surface area contributed by atoms with E-state index in [1.54, 1.807) is 16.4 Å². The van der Waals surface area contributed by atoms with Gasteiger partial charge >= 0.3 is 0 Å². The van der Waals surface area contributed by atoms with E-state index in [0.29, 0.717) is 4.90 Å². The first-order chi connectivity index (χ1) is 10.0. The van der Waals surface area contributed by atoms with Gasteiger partial charge < -0.3 is 0 Å². The summed E-state index contributed by atoms with van der Waals surface area (Å²) in [5.41, 5.74) is 3.05. The Balaban J connectivity index is 2.05. The summed E-state index contributed by atoms with van der Waals surface area (Å²) in [5, 5.41) is 0. The second kappa shape index (κ2) is 5.19. The molecular weight excluding hydrogens is 282 g/mol. The lowest BCUT2D eigenvalue weighted by molar-refractivity contribution is 0.584. The van der Waals surface area contributed by atoms with E-state index in [-0.39, 0.29) is 6.04 Å². The van der Waals surface area contributed by atoms with E-state index in [0.717, 1.165) is 29.7 Å². The molecule has 0 aromatic heterocycles. The Morgan fingerprint density at radius 2 is 1.76 bits per heavy atom. The van der Waals surface area contributed by atoms with Crippen LogP contribution in [0.25, 0.3) is 0 Å². The molecule has 1 atom stereocenters. The fourth-order valence-corrected chi connectivity index (χ4v) is 4.61. The van der Waals surface area contributed by atoms with Crippen molar-refractivity contribution < 1.29 is 8.42 Å². The molecule has 2 aromatic rings. The Hall–Kier alpha value is -1.81. The zero-order valence-electron chi connectivity index (χ0n) is 12.3. The molecule has 0 unspecified atom stereocenters. The molecule has 2 aromatic carbocycles. The second-order valence-electron chi connectivity index (χ2n) is 5.48. The third kappa shape index (κ3) is 2.33. The largest absolute Gasteiger partial charge is 0.264 e. The summed E-state index contributed by atoms with van der Waals surface area (Å²) < 4.78 is 27.4. The van der Waals surface area contributed by atoms with Gasteiger partial charge in [-0.25, -0.2) is 8.42 Å². The molecule has 0 aliphatic carbocycles. The lowest BCUT2D eigenvalue weighted by atomic mass is 10.1. The van der Waals surface area contributed by atoms with Gasteiger partial charge in [-0.3, -0.25) is 4.31 Å². The molecule has 0 fully saturated rings. The Kier molecular flexibility index (Phi) is 3.49. The number of nitrogens with zero attached hydrogens (tertiary/aromatic N) is 1. The molecule has 0 saturated carbocycles. The number of sulfonamides is 1. The zero-order chi connectivity index (χ0) is 15.0. The van der Waals surface area contributed by atoms with Crippen LogP contribution in [-0.2, 0) is 22.9 Å².